The monoisotopic (exact) mass is 264 g/mol. The molecule has 1 aliphatic rings. The van der Waals surface area contributed by atoms with E-state index < -0.39 is 0 Å². The van der Waals surface area contributed by atoms with Gasteiger partial charge >= 0.3 is 0 Å². The van der Waals surface area contributed by atoms with Crippen molar-refractivity contribution in [2.75, 3.05) is 30.3 Å². The zero-order chi connectivity index (χ0) is 13.8. The number of hydrogen-bond acceptors (Lipinski definition) is 4. The summed E-state index contributed by atoms with van der Waals surface area (Å²) in [5.74, 6) is 1.12. The van der Waals surface area contributed by atoms with Crippen molar-refractivity contribution in [3.8, 4) is 5.75 Å². The molecule has 0 spiro atoms. The van der Waals surface area contributed by atoms with Crippen molar-refractivity contribution < 1.29 is 9.84 Å². The average molecular weight is 264 g/mol. The summed E-state index contributed by atoms with van der Waals surface area (Å²) < 4.78 is 5.66. The molecule has 0 aromatic heterocycles. The molecule has 2 atom stereocenters. The first-order valence-corrected chi connectivity index (χ1v) is 7.06. The van der Waals surface area contributed by atoms with Gasteiger partial charge in [0.15, 0.2) is 0 Å². The van der Waals surface area contributed by atoms with Crippen LogP contribution in [0.2, 0.25) is 0 Å². The summed E-state index contributed by atoms with van der Waals surface area (Å²) in [6.07, 6.45) is 1.60. The van der Waals surface area contributed by atoms with Crippen molar-refractivity contribution in [3.05, 3.63) is 18.2 Å². The fraction of sp³-hybridized carbons (Fsp3) is 0.600. The van der Waals surface area contributed by atoms with Gasteiger partial charge in [0.05, 0.1) is 12.7 Å². The summed E-state index contributed by atoms with van der Waals surface area (Å²) in [7, 11) is 0. The van der Waals surface area contributed by atoms with E-state index in [1.165, 1.54) is 0 Å². The van der Waals surface area contributed by atoms with Crippen LogP contribution in [0.3, 0.4) is 0 Å². The van der Waals surface area contributed by atoms with Gasteiger partial charge in [-0.25, -0.2) is 0 Å². The van der Waals surface area contributed by atoms with Crippen LogP contribution in [0.4, 0.5) is 11.4 Å². The first-order chi connectivity index (χ1) is 9.10. The molecule has 4 nitrogen and oxygen atoms in total. The van der Waals surface area contributed by atoms with Gasteiger partial charge in [-0.15, -0.1) is 0 Å². The van der Waals surface area contributed by atoms with E-state index in [9.17, 15) is 5.11 Å². The number of aliphatic hydroxyl groups is 1. The largest absolute Gasteiger partial charge is 0.493 e. The lowest BCUT2D eigenvalue weighted by atomic mass is 9.96. The standard InChI is InChI=1S/C15H24N2O2/c1-3-6-19-14-8-12(16)7-13(9-14)17-5-4-15(18)11(2)10-17/h7-9,11,15,18H,3-6,10,16H2,1-2H3. The van der Waals surface area contributed by atoms with E-state index in [0.29, 0.717) is 6.61 Å². The number of hydrogen-bond donors (Lipinski definition) is 2. The predicted octanol–water partition coefficient (Wildman–Crippen LogP) is 2.26. The molecular formula is C15H24N2O2. The third kappa shape index (κ3) is 3.53. The summed E-state index contributed by atoms with van der Waals surface area (Å²) in [6.45, 7) is 6.59. The second-order valence-electron chi connectivity index (χ2n) is 5.39. The minimum atomic E-state index is -0.187. The molecule has 1 aromatic rings. The van der Waals surface area contributed by atoms with Gasteiger partial charge < -0.3 is 20.5 Å². The van der Waals surface area contributed by atoms with Crippen LogP contribution in [-0.2, 0) is 0 Å². The highest BCUT2D eigenvalue weighted by Crippen LogP contribution is 2.29. The molecule has 1 fully saturated rings. The molecule has 0 amide bonds. The third-order valence-electron chi connectivity index (χ3n) is 3.61. The van der Waals surface area contributed by atoms with Gasteiger partial charge in [0.2, 0.25) is 0 Å². The zero-order valence-corrected chi connectivity index (χ0v) is 11.8. The molecule has 2 rings (SSSR count). The number of nitrogen functional groups attached to an aromatic ring is 1. The van der Waals surface area contributed by atoms with Crippen LogP contribution in [0, 0.1) is 5.92 Å². The van der Waals surface area contributed by atoms with E-state index >= 15 is 0 Å². The first kappa shape index (κ1) is 14.0. The van der Waals surface area contributed by atoms with Crippen molar-refractivity contribution in [2.24, 2.45) is 5.92 Å². The summed E-state index contributed by atoms with van der Waals surface area (Å²) >= 11 is 0. The van der Waals surface area contributed by atoms with Crippen molar-refractivity contribution >= 4 is 11.4 Å². The molecule has 0 saturated carbocycles. The van der Waals surface area contributed by atoms with Crippen LogP contribution in [0.1, 0.15) is 26.7 Å². The quantitative estimate of drug-likeness (QED) is 0.819. The number of nitrogens with two attached hydrogens (primary N) is 1. The van der Waals surface area contributed by atoms with Crippen molar-refractivity contribution in [3.63, 3.8) is 0 Å². The Labute approximate surface area is 115 Å². The van der Waals surface area contributed by atoms with Gasteiger partial charge in [-0.05, 0) is 24.8 Å². The van der Waals surface area contributed by atoms with Crippen LogP contribution >= 0.6 is 0 Å². The Kier molecular flexibility index (Phi) is 4.53. The van der Waals surface area contributed by atoms with E-state index in [2.05, 4.69) is 18.7 Å². The molecule has 0 bridgehead atoms. The molecule has 1 aliphatic heterocycles. The maximum Gasteiger partial charge on any atom is 0.123 e. The second-order valence-corrected chi connectivity index (χ2v) is 5.39. The predicted molar refractivity (Wildman–Crippen MR) is 78.6 cm³/mol. The highest BCUT2D eigenvalue weighted by atomic mass is 16.5. The van der Waals surface area contributed by atoms with E-state index in [0.717, 1.165) is 43.1 Å². The minimum absolute atomic E-state index is 0.187. The molecular weight excluding hydrogens is 240 g/mol. The number of ether oxygens (including phenoxy) is 1. The maximum absolute atomic E-state index is 9.79. The van der Waals surface area contributed by atoms with Gasteiger partial charge in [-0.2, -0.15) is 0 Å². The fourth-order valence-corrected chi connectivity index (χ4v) is 2.46. The molecule has 0 radical (unpaired) electrons. The second kappa shape index (κ2) is 6.15. The Morgan fingerprint density at radius 2 is 2.21 bits per heavy atom. The highest BCUT2D eigenvalue weighted by molar-refractivity contribution is 5.60. The van der Waals surface area contributed by atoms with Crippen LogP contribution in [-0.4, -0.2) is 30.9 Å². The summed E-state index contributed by atoms with van der Waals surface area (Å²) in [4.78, 5) is 2.27. The van der Waals surface area contributed by atoms with E-state index in [1.807, 2.05) is 18.2 Å². The number of aliphatic hydroxyl groups excluding tert-OH is 1. The van der Waals surface area contributed by atoms with E-state index in [-0.39, 0.29) is 12.0 Å². The smallest absolute Gasteiger partial charge is 0.123 e. The molecule has 1 aromatic carbocycles. The van der Waals surface area contributed by atoms with Crippen molar-refractivity contribution in [1.29, 1.82) is 0 Å². The van der Waals surface area contributed by atoms with Crippen LogP contribution in [0.5, 0.6) is 5.75 Å². The van der Waals surface area contributed by atoms with Crippen LogP contribution in [0.25, 0.3) is 0 Å². The Morgan fingerprint density at radius 3 is 2.89 bits per heavy atom. The summed E-state index contributed by atoms with van der Waals surface area (Å²) in [6, 6.07) is 5.88. The zero-order valence-electron chi connectivity index (χ0n) is 11.8. The Bertz CT molecular complexity index is 423. The third-order valence-corrected chi connectivity index (χ3v) is 3.61. The molecule has 3 N–H and O–H groups in total. The molecule has 2 unspecified atom stereocenters. The van der Waals surface area contributed by atoms with E-state index in [4.69, 9.17) is 10.5 Å². The van der Waals surface area contributed by atoms with Crippen LogP contribution < -0.4 is 15.4 Å². The average Bonchev–Trinajstić information content (AvgIpc) is 2.39. The number of piperidine rings is 1. The van der Waals surface area contributed by atoms with Gasteiger partial charge in [0, 0.05) is 36.6 Å². The Morgan fingerprint density at radius 1 is 1.42 bits per heavy atom. The molecule has 0 aliphatic carbocycles. The highest BCUT2D eigenvalue weighted by Gasteiger charge is 2.24. The number of anilines is 2. The SMILES string of the molecule is CCCOc1cc(N)cc(N2CCC(O)C(C)C2)c1. The Balaban J connectivity index is 2.13. The van der Waals surface area contributed by atoms with E-state index in [1.54, 1.807) is 0 Å². The fourth-order valence-electron chi connectivity index (χ4n) is 2.46. The molecule has 1 saturated heterocycles. The normalized spacial score (nSPS) is 23.4. The van der Waals surface area contributed by atoms with Gasteiger partial charge in [-0.1, -0.05) is 13.8 Å². The lowest BCUT2D eigenvalue weighted by Gasteiger charge is -2.36. The number of rotatable bonds is 4. The van der Waals surface area contributed by atoms with Crippen molar-refractivity contribution in [2.45, 2.75) is 32.8 Å². The molecule has 1 heterocycles. The molecule has 19 heavy (non-hydrogen) atoms. The van der Waals surface area contributed by atoms with Crippen LogP contribution in [0.15, 0.2) is 18.2 Å². The summed E-state index contributed by atoms with van der Waals surface area (Å²) in [5, 5.41) is 9.79. The molecule has 4 heteroatoms. The topological polar surface area (TPSA) is 58.7 Å². The maximum atomic E-state index is 9.79. The van der Waals surface area contributed by atoms with Crippen molar-refractivity contribution in [1.82, 2.24) is 0 Å². The van der Waals surface area contributed by atoms with Gasteiger partial charge in [-0.3, -0.25) is 0 Å². The lowest BCUT2D eigenvalue weighted by Crippen LogP contribution is -2.41. The minimum Gasteiger partial charge on any atom is -0.493 e. The van der Waals surface area contributed by atoms with Gasteiger partial charge in [0.1, 0.15) is 5.75 Å². The first-order valence-electron chi connectivity index (χ1n) is 7.06. The lowest BCUT2D eigenvalue weighted by molar-refractivity contribution is 0.0971. The Hall–Kier alpha value is -1.42. The number of nitrogens with zero attached hydrogens (tertiary/aromatic N) is 1. The molecule has 106 valence electrons. The number of benzene rings is 1. The summed E-state index contributed by atoms with van der Waals surface area (Å²) in [5.41, 5.74) is 7.76. The van der Waals surface area contributed by atoms with Gasteiger partial charge in [0.25, 0.3) is 0 Å².